The standard InChI is InChI=1S/C18H27ClO/c1-12-11-13(2)15(4)18(14(12)3)17(19)9-8-16-7-5-6-10-20-16/h11,16-17H,5-10H2,1-4H3. The summed E-state index contributed by atoms with van der Waals surface area (Å²) in [6.07, 6.45) is 6.25. The Bertz CT molecular complexity index is 435. The third kappa shape index (κ3) is 3.56. The number of halogens is 1. The monoisotopic (exact) mass is 294 g/mol. The predicted molar refractivity (Wildman–Crippen MR) is 86.8 cm³/mol. The highest BCUT2D eigenvalue weighted by Gasteiger charge is 2.20. The number of hydrogen-bond acceptors (Lipinski definition) is 1. The summed E-state index contributed by atoms with van der Waals surface area (Å²) in [5.74, 6) is 0. The summed E-state index contributed by atoms with van der Waals surface area (Å²) >= 11 is 6.72. The first-order valence-corrected chi connectivity index (χ1v) is 8.27. The van der Waals surface area contributed by atoms with Crippen LogP contribution in [0.3, 0.4) is 0 Å². The summed E-state index contributed by atoms with van der Waals surface area (Å²) in [6.45, 7) is 9.69. The molecule has 2 unspecified atom stereocenters. The van der Waals surface area contributed by atoms with Gasteiger partial charge in [-0.3, -0.25) is 0 Å². The van der Waals surface area contributed by atoms with Crippen molar-refractivity contribution in [1.82, 2.24) is 0 Å². The average Bonchev–Trinajstić information content (AvgIpc) is 2.44. The average molecular weight is 295 g/mol. The number of hydrogen-bond donors (Lipinski definition) is 0. The third-order valence-corrected chi connectivity index (χ3v) is 5.19. The van der Waals surface area contributed by atoms with E-state index >= 15 is 0 Å². The molecule has 2 atom stereocenters. The third-order valence-electron chi connectivity index (χ3n) is 4.75. The van der Waals surface area contributed by atoms with E-state index in [0.29, 0.717) is 6.10 Å². The van der Waals surface area contributed by atoms with Crippen molar-refractivity contribution in [3.63, 3.8) is 0 Å². The lowest BCUT2D eigenvalue weighted by atomic mass is 9.90. The highest BCUT2D eigenvalue weighted by Crippen LogP contribution is 2.35. The predicted octanol–water partition coefficient (Wildman–Crippen LogP) is 5.55. The fraction of sp³-hybridized carbons (Fsp3) is 0.667. The van der Waals surface area contributed by atoms with Crippen LogP contribution in [-0.2, 0) is 4.74 Å². The van der Waals surface area contributed by atoms with E-state index in [2.05, 4.69) is 33.8 Å². The van der Waals surface area contributed by atoms with Crippen molar-refractivity contribution in [2.45, 2.75) is 71.3 Å². The second-order valence-corrected chi connectivity index (χ2v) is 6.73. The van der Waals surface area contributed by atoms with Gasteiger partial charge in [-0.2, -0.15) is 0 Å². The fourth-order valence-electron chi connectivity index (χ4n) is 3.23. The summed E-state index contributed by atoms with van der Waals surface area (Å²) in [6, 6.07) is 2.27. The van der Waals surface area contributed by atoms with Crippen LogP contribution in [0.5, 0.6) is 0 Å². The van der Waals surface area contributed by atoms with Crippen molar-refractivity contribution in [3.8, 4) is 0 Å². The Labute approximate surface area is 128 Å². The van der Waals surface area contributed by atoms with E-state index in [9.17, 15) is 0 Å². The lowest BCUT2D eigenvalue weighted by Crippen LogP contribution is -2.19. The van der Waals surface area contributed by atoms with Gasteiger partial charge in [-0.05, 0) is 87.6 Å². The van der Waals surface area contributed by atoms with E-state index < -0.39 is 0 Å². The molecule has 0 spiro atoms. The summed E-state index contributed by atoms with van der Waals surface area (Å²) in [5.41, 5.74) is 6.76. The van der Waals surface area contributed by atoms with Crippen LogP contribution in [0.25, 0.3) is 0 Å². The zero-order chi connectivity index (χ0) is 14.7. The van der Waals surface area contributed by atoms with Crippen molar-refractivity contribution >= 4 is 11.6 Å². The first-order valence-electron chi connectivity index (χ1n) is 7.83. The molecule has 2 rings (SSSR count). The van der Waals surface area contributed by atoms with E-state index in [0.717, 1.165) is 19.4 Å². The summed E-state index contributed by atoms with van der Waals surface area (Å²) < 4.78 is 5.81. The second kappa shape index (κ2) is 6.95. The summed E-state index contributed by atoms with van der Waals surface area (Å²) in [5, 5.41) is 0.110. The zero-order valence-corrected chi connectivity index (χ0v) is 14.0. The lowest BCUT2D eigenvalue weighted by molar-refractivity contribution is 0.00999. The zero-order valence-electron chi connectivity index (χ0n) is 13.3. The molecule has 20 heavy (non-hydrogen) atoms. The molecule has 2 heteroatoms. The highest BCUT2D eigenvalue weighted by atomic mass is 35.5. The Morgan fingerprint density at radius 3 is 2.35 bits per heavy atom. The van der Waals surface area contributed by atoms with E-state index in [1.54, 1.807) is 0 Å². The van der Waals surface area contributed by atoms with Crippen LogP contribution in [-0.4, -0.2) is 12.7 Å². The topological polar surface area (TPSA) is 9.23 Å². The maximum absolute atomic E-state index is 6.72. The van der Waals surface area contributed by atoms with Gasteiger partial charge in [0.1, 0.15) is 0 Å². The van der Waals surface area contributed by atoms with Gasteiger partial charge >= 0.3 is 0 Å². The van der Waals surface area contributed by atoms with Crippen molar-refractivity contribution in [3.05, 3.63) is 33.9 Å². The van der Waals surface area contributed by atoms with E-state index in [1.165, 1.54) is 47.1 Å². The van der Waals surface area contributed by atoms with Crippen molar-refractivity contribution < 1.29 is 4.74 Å². The number of benzene rings is 1. The van der Waals surface area contributed by atoms with E-state index in [-0.39, 0.29) is 5.38 Å². The molecule has 1 heterocycles. The van der Waals surface area contributed by atoms with E-state index in [4.69, 9.17) is 16.3 Å². The van der Waals surface area contributed by atoms with Crippen LogP contribution in [0.2, 0.25) is 0 Å². The molecule has 1 saturated heterocycles. The molecule has 1 aliphatic heterocycles. The molecule has 0 radical (unpaired) electrons. The quantitative estimate of drug-likeness (QED) is 0.662. The molecule has 1 aromatic rings. The SMILES string of the molecule is Cc1cc(C)c(C)c(C(Cl)CCC2CCCCO2)c1C. The van der Waals surface area contributed by atoms with Crippen LogP contribution >= 0.6 is 11.6 Å². The number of aryl methyl sites for hydroxylation is 2. The molecular formula is C18H27ClO. The Kier molecular flexibility index (Phi) is 5.51. The first kappa shape index (κ1) is 15.9. The Balaban J connectivity index is 2.06. The molecule has 1 fully saturated rings. The minimum atomic E-state index is 0.110. The molecule has 0 bridgehead atoms. The summed E-state index contributed by atoms with van der Waals surface area (Å²) in [4.78, 5) is 0. The normalized spacial score (nSPS) is 20.9. The second-order valence-electron chi connectivity index (χ2n) is 6.21. The molecule has 0 saturated carbocycles. The molecule has 112 valence electrons. The molecule has 0 aromatic heterocycles. The number of alkyl halides is 1. The number of ether oxygens (including phenoxy) is 1. The molecule has 0 aliphatic carbocycles. The first-order chi connectivity index (χ1) is 9.50. The van der Waals surface area contributed by atoms with Crippen molar-refractivity contribution in [2.75, 3.05) is 6.61 Å². The van der Waals surface area contributed by atoms with Gasteiger partial charge in [0.05, 0.1) is 11.5 Å². The minimum absolute atomic E-state index is 0.110. The van der Waals surface area contributed by atoms with Crippen molar-refractivity contribution in [1.29, 1.82) is 0 Å². The Morgan fingerprint density at radius 1 is 1.15 bits per heavy atom. The van der Waals surface area contributed by atoms with Crippen LogP contribution in [0.4, 0.5) is 0 Å². The van der Waals surface area contributed by atoms with Crippen molar-refractivity contribution in [2.24, 2.45) is 0 Å². The Hall–Kier alpha value is -0.530. The van der Waals surface area contributed by atoms with Gasteiger partial charge < -0.3 is 4.74 Å². The van der Waals surface area contributed by atoms with Crippen LogP contribution in [0, 0.1) is 27.7 Å². The lowest BCUT2D eigenvalue weighted by Gasteiger charge is -2.25. The number of rotatable bonds is 4. The maximum Gasteiger partial charge on any atom is 0.0591 e. The van der Waals surface area contributed by atoms with E-state index in [1.807, 2.05) is 0 Å². The van der Waals surface area contributed by atoms with Gasteiger partial charge in [0.2, 0.25) is 0 Å². The van der Waals surface area contributed by atoms with Gasteiger partial charge in [-0.15, -0.1) is 11.6 Å². The fourth-order valence-corrected chi connectivity index (χ4v) is 3.68. The molecule has 0 amide bonds. The highest BCUT2D eigenvalue weighted by molar-refractivity contribution is 6.21. The summed E-state index contributed by atoms with van der Waals surface area (Å²) in [7, 11) is 0. The van der Waals surface area contributed by atoms with Gasteiger partial charge in [0.15, 0.2) is 0 Å². The van der Waals surface area contributed by atoms with Gasteiger partial charge in [-0.1, -0.05) is 6.07 Å². The molecule has 1 aromatic carbocycles. The van der Waals surface area contributed by atoms with Crippen LogP contribution < -0.4 is 0 Å². The van der Waals surface area contributed by atoms with Gasteiger partial charge in [0, 0.05) is 6.61 Å². The Morgan fingerprint density at radius 2 is 1.80 bits per heavy atom. The molecular weight excluding hydrogens is 268 g/mol. The maximum atomic E-state index is 6.72. The molecule has 0 N–H and O–H groups in total. The molecule has 1 aliphatic rings. The minimum Gasteiger partial charge on any atom is -0.378 e. The van der Waals surface area contributed by atoms with Gasteiger partial charge in [-0.25, -0.2) is 0 Å². The molecule has 1 nitrogen and oxygen atoms in total. The largest absolute Gasteiger partial charge is 0.378 e. The van der Waals surface area contributed by atoms with Crippen LogP contribution in [0.1, 0.15) is 65.3 Å². The van der Waals surface area contributed by atoms with Gasteiger partial charge in [0.25, 0.3) is 0 Å². The smallest absolute Gasteiger partial charge is 0.0591 e. The van der Waals surface area contributed by atoms with Crippen LogP contribution in [0.15, 0.2) is 6.07 Å².